The largest absolute Gasteiger partial charge is 0.338 e. The highest BCUT2D eigenvalue weighted by molar-refractivity contribution is 5.29. The second-order valence-electron chi connectivity index (χ2n) is 2.24. The lowest BCUT2D eigenvalue weighted by atomic mass is 10.2. The number of halogens is 7. The fraction of sp³-hybridized carbons (Fsp3) is 0.600. The molecule has 0 aromatic carbocycles. The molecule has 0 fully saturated rings. The summed E-state index contributed by atoms with van der Waals surface area (Å²) in [5.74, 6) is -16.2. The number of hydrogen-bond donors (Lipinski definition) is 0. The quantitative estimate of drug-likeness (QED) is 0.520. The Labute approximate surface area is 61.7 Å². The van der Waals surface area contributed by atoms with Crippen molar-refractivity contribution in [2.45, 2.75) is 18.0 Å². The Morgan fingerprint density at radius 3 is 1.17 bits per heavy atom. The van der Waals surface area contributed by atoms with Gasteiger partial charge in [-0.2, -0.15) is 17.6 Å². The summed E-state index contributed by atoms with van der Waals surface area (Å²) in [6, 6.07) is 0. The molecule has 0 amide bonds. The predicted octanol–water partition coefficient (Wildman–Crippen LogP) is 2.76. The molecule has 70 valence electrons. The summed E-state index contributed by atoms with van der Waals surface area (Å²) in [6.07, 6.45) is -4.16. The van der Waals surface area contributed by atoms with Crippen molar-refractivity contribution in [1.82, 2.24) is 0 Å². The molecule has 0 N–H and O–H groups in total. The number of rotatable bonds is 0. The van der Waals surface area contributed by atoms with E-state index in [1.54, 1.807) is 0 Å². The maximum atomic E-state index is 12.0. The minimum atomic E-state index is -5.06. The van der Waals surface area contributed by atoms with E-state index in [1.807, 2.05) is 0 Å². The minimum Gasteiger partial charge on any atom is -0.233 e. The van der Waals surface area contributed by atoms with Gasteiger partial charge in [-0.25, -0.2) is 13.2 Å². The van der Waals surface area contributed by atoms with E-state index in [2.05, 4.69) is 0 Å². The molecule has 0 heterocycles. The van der Waals surface area contributed by atoms with Crippen LogP contribution in [0.15, 0.2) is 11.7 Å². The van der Waals surface area contributed by atoms with Gasteiger partial charge < -0.3 is 0 Å². The molecule has 12 heavy (non-hydrogen) atoms. The van der Waals surface area contributed by atoms with Crippen LogP contribution in [0.2, 0.25) is 0 Å². The summed E-state index contributed by atoms with van der Waals surface area (Å²) in [6.45, 7) is 0. The third kappa shape index (κ3) is 0.848. The van der Waals surface area contributed by atoms with Crippen LogP contribution in [0.3, 0.4) is 0 Å². The van der Waals surface area contributed by atoms with Gasteiger partial charge in [-0.3, -0.25) is 0 Å². The van der Waals surface area contributed by atoms with E-state index in [4.69, 9.17) is 0 Å². The highest BCUT2D eigenvalue weighted by Crippen LogP contribution is 2.51. The van der Waals surface area contributed by atoms with Gasteiger partial charge >= 0.3 is 11.8 Å². The Morgan fingerprint density at radius 1 is 0.833 bits per heavy atom. The monoisotopic (exact) mass is 194 g/mol. The van der Waals surface area contributed by atoms with Crippen LogP contribution in [-0.4, -0.2) is 18.0 Å². The lowest BCUT2D eigenvalue weighted by Crippen LogP contribution is -2.37. The Hall–Kier alpha value is -0.750. The summed E-state index contributed by atoms with van der Waals surface area (Å²) in [5, 5.41) is 0. The van der Waals surface area contributed by atoms with Crippen molar-refractivity contribution in [2.75, 3.05) is 0 Å². The molecule has 0 bridgehead atoms. The highest BCUT2D eigenvalue weighted by Gasteiger charge is 2.69. The summed E-state index contributed by atoms with van der Waals surface area (Å²) >= 11 is 0. The second-order valence-corrected chi connectivity index (χ2v) is 2.24. The van der Waals surface area contributed by atoms with Crippen molar-refractivity contribution in [3.05, 3.63) is 11.7 Å². The van der Waals surface area contributed by atoms with Crippen molar-refractivity contribution in [1.29, 1.82) is 0 Å². The summed E-state index contributed by atoms with van der Waals surface area (Å²) in [5.41, 5.74) is 0. The van der Waals surface area contributed by atoms with E-state index in [9.17, 15) is 30.7 Å². The standard InChI is InChI=1S/C5HF7/c6-1-2(7)5(11,12)3(8)4(1,9)10/h3H. The van der Waals surface area contributed by atoms with Gasteiger partial charge in [0, 0.05) is 0 Å². The Bertz CT molecular complexity index is 216. The molecule has 1 aliphatic carbocycles. The number of alkyl halides is 5. The van der Waals surface area contributed by atoms with Crippen LogP contribution < -0.4 is 0 Å². The van der Waals surface area contributed by atoms with Gasteiger partial charge in [-0.15, -0.1) is 0 Å². The van der Waals surface area contributed by atoms with Crippen molar-refractivity contribution in [3.8, 4) is 0 Å². The van der Waals surface area contributed by atoms with Crippen LogP contribution >= 0.6 is 0 Å². The average molecular weight is 194 g/mol. The third-order valence-electron chi connectivity index (χ3n) is 1.41. The first-order chi connectivity index (χ1) is 5.22. The van der Waals surface area contributed by atoms with Gasteiger partial charge in [0.25, 0.3) is 0 Å². The van der Waals surface area contributed by atoms with Crippen molar-refractivity contribution < 1.29 is 30.7 Å². The topological polar surface area (TPSA) is 0 Å². The minimum absolute atomic E-state index is 3.03. The van der Waals surface area contributed by atoms with Crippen LogP contribution in [0, 0.1) is 0 Å². The molecule has 0 atom stereocenters. The van der Waals surface area contributed by atoms with Crippen molar-refractivity contribution in [3.63, 3.8) is 0 Å². The van der Waals surface area contributed by atoms with Crippen LogP contribution in [0.25, 0.3) is 0 Å². The molecule has 0 nitrogen and oxygen atoms in total. The van der Waals surface area contributed by atoms with Crippen LogP contribution in [0.5, 0.6) is 0 Å². The molecule has 0 saturated heterocycles. The molecule has 1 aliphatic rings. The second kappa shape index (κ2) is 2.14. The van der Waals surface area contributed by atoms with Gasteiger partial charge in [0.05, 0.1) is 0 Å². The molecule has 0 radical (unpaired) electrons. The molecule has 0 spiro atoms. The van der Waals surface area contributed by atoms with Gasteiger partial charge in [-0.05, 0) is 0 Å². The first-order valence-corrected chi connectivity index (χ1v) is 2.68. The fourth-order valence-electron chi connectivity index (χ4n) is 0.743. The molecule has 7 heteroatoms. The van der Waals surface area contributed by atoms with Crippen LogP contribution in [-0.2, 0) is 0 Å². The maximum absolute atomic E-state index is 12.0. The Kier molecular flexibility index (Phi) is 1.66. The zero-order chi connectivity index (χ0) is 9.73. The van der Waals surface area contributed by atoms with Crippen LogP contribution in [0.1, 0.15) is 0 Å². The molecular formula is C5HF7. The molecule has 0 aromatic heterocycles. The molecule has 0 aliphatic heterocycles. The summed E-state index contributed by atoms with van der Waals surface area (Å²) in [7, 11) is 0. The lowest BCUT2D eigenvalue weighted by molar-refractivity contribution is -0.132. The number of hydrogen-bond acceptors (Lipinski definition) is 0. The molecule has 0 saturated carbocycles. The van der Waals surface area contributed by atoms with Crippen molar-refractivity contribution in [2.24, 2.45) is 0 Å². The molecule has 0 unspecified atom stereocenters. The van der Waals surface area contributed by atoms with E-state index >= 15 is 0 Å². The van der Waals surface area contributed by atoms with Gasteiger partial charge in [0.1, 0.15) is 0 Å². The van der Waals surface area contributed by atoms with Crippen LogP contribution in [0.4, 0.5) is 30.7 Å². The molecule has 1 rings (SSSR count). The zero-order valence-electron chi connectivity index (χ0n) is 5.22. The van der Waals surface area contributed by atoms with E-state index < -0.39 is 29.7 Å². The first kappa shape index (κ1) is 9.34. The fourth-order valence-corrected chi connectivity index (χ4v) is 0.743. The zero-order valence-corrected chi connectivity index (χ0v) is 5.22. The van der Waals surface area contributed by atoms with Gasteiger partial charge in [0.2, 0.25) is 17.8 Å². The highest BCUT2D eigenvalue weighted by atomic mass is 19.3. The molecular weight excluding hydrogens is 193 g/mol. The van der Waals surface area contributed by atoms with Crippen molar-refractivity contribution >= 4 is 0 Å². The van der Waals surface area contributed by atoms with Gasteiger partial charge in [-0.1, -0.05) is 0 Å². The smallest absolute Gasteiger partial charge is 0.233 e. The van der Waals surface area contributed by atoms with E-state index in [-0.39, 0.29) is 0 Å². The SMILES string of the molecule is FC1=C(F)C(F)(F)C(F)C1(F)F. The first-order valence-electron chi connectivity index (χ1n) is 2.68. The molecule has 0 aromatic rings. The average Bonchev–Trinajstić information content (AvgIpc) is 2.06. The Morgan fingerprint density at radius 2 is 1.08 bits per heavy atom. The van der Waals surface area contributed by atoms with E-state index in [0.29, 0.717) is 0 Å². The van der Waals surface area contributed by atoms with Gasteiger partial charge in [0.15, 0.2) is 0 Å². The predicted molar refractivity (Wildman–Crippen MR) is 24.0 cm³/mol. The normalized spacial score (nSPS) is 28.2. The van der Waals surface area contributed by atoms with E-state index in [1.165, 1.54) is 0 Å². The maximum Gasteiger partial charge on any atom is 0.338 e. The Balaban J connectivity index is 3.22. The lowest BCUT2D eigenvalue weighted by Gasteiger charge is -2.15. The number of allylic oxidation sites excluding steroid dienone is 2. The van der Waals surface area contributed by atoms with E-state index in [0.717, 1.165) is 0 Å². The summed E-state index contributed by atoms with van der Waals surface area (Å²) < 4.78 is 83.5. The summed E-state index contributed by atoms with van der Waals surface area (Å²) in [4.78, 5) is 0. The third-order valence-corrected chi connectivity index (χ3v) is 1.41.